The molecule has 0 amide bonds. The minimum Gasteiger partial charge on any atom is -0.487 e. The molecule has 0 fully saturated rings. The number of halogens is 1. The van der Waals surface area contributed by atoms with E-state index in [4.69, 9.17) is 4.74 Å². The number of benzene rings is 1. The van der Waals surface area contributed by atoms with Crippen LogP contribution in [0.3, 0.4) is 0 Å². The lowest BCUT2D eigenvalue weighted by Crippen LogP contribution is -2.25. The van der Waals surface area contributed by atoms with E-state index in [2.05, 4.69) is 4.98 Å². The van der Waals surface area contributed by atoms with Crippen molar-refractivity contribution in [1.29, 1.82) is 0 Å². The van der Waals surface area contributed by atoms with Crippen molar-refractivity contribution in [3.63, 3.8) is 0 Å². The van der Waals surface area contributed by atoms with Crippen LogP contribution in [-0.2, 0) is 6.42 Å². The lowest BCUT2D eigenvalue weighted by atomic mass is 9.96. The number of ether oxygens (including phenoxy) is 1. The summed E-state index contributed by atoms with van der Waals surface area (Å²) in [4.78, 5) is 3.70. The molecule has 2 heterocycles. The Labute approximate surface area is 117 Å². The fraction of sp³-hybridized carbons (Fsp3) is 0.312. The zero-order chi connectivity index (χ0) is 14.3. The number of hydrogen-bond donors (Lipinski definition) is 1. The summed E-state index contributed by atoms with van der Waals surface area (Å²) in [5.41, 5.74) is 1.55. The predicted octanol–water partition coefficient (Wildman–Crippen LogP) is 3.02. The third-order valence-corrected chi connectivity index (χ3v) is 3.51. The SMILES string of the molecule is CC1(C)Cc2cccc(C(O)c3ccncc3F)c2O1. The van der Waals surface area contributed by atoms with E-state index in [1.54, 1.807) is 6.07 Å². The lowest BCUT2D eigenvalue weighted by Gasteiger charge is -2.20. The first-order valence-corrected chi connectivity index (χ1v) is 6.56. The van der Waals surface area contributed by atoms with Gasteiger partial charge in [-0.3, -0.25) is 4.98 Å². The second-order valence-electron chi connectivity index (χ2n) is 5.67. The molecule has 20 heavy (non-hydrogen) atoms. The molecule has 3 nitrogen and oxygen atoms in total. The fourth-order valence-electron chi connectivity index (χ4n) is 2.63. The van der Waals surface area contributed by atoms with Crippen molar-refractivity contribution in [3.05, 3.63) is 59.2 Å². The third kappa shape index (κ3) is 2.16. The van der Waals surface area contributed by atoms with Gasteiger partial charge in [0.25, 0.3) is 0 Å². The van der Waals surface area contributed by atoms with Crippen LogP contribution in [0, 0.1) is 5.82 Å². The summed E-state index contributed by atoms with van der Waals surface area (Å²) in [6.45, 7) is 3.99. The first-order valence-electron chi connectivity index (χ1n) is 6.56. The summed E-state index contributed by atoms with van der Waals surface area (Å²) >= 11 is 0. The molecule has 104 valence electrons. The van der Waals surface area contributed by atoms with Crippen LogP contribution in [-0.4, -0.2) is 15.7 Å². The Bertz CT molecular complexity index is 655. The van der Waals surface area contributed by atoms with E-state index in [9.17, 15) is 9.50 Å². The van der Waals surface area contributed by atoms with Crippen LogP contribution in [0.4, 0.5) is 4.39 Å². The van der Waals surface area contributed by atoms with E-state index in [1.807, 2.05) is 26.0 Å². The van der Waals surface area contributed by atoms with Crippen LogP contribution in [0.15, 0.2) is 36.7 Å². The van der Waals surface area contributed by atoms with Crippen molar-refractivity contribution >= 4 is 0 Å². The minimum atomic E-state index is -1.05. The highest BCUT2D eigenvalue weighted by Gasteiger charge is 2.33. The van der Waals surface area contributed by atoms with Gasteiger partial charge in [0.05, 0.1) is 6.20 Å². The quantitative estimate of drug-likeness (QED) is 0.914. The van der Waals surface area contributed by atoms with Crippen LogP contribution in [0.1, 0.15) is 36.6 Å². The summed E-state index contributed by atoms with van der Waals surface area (Å²) in [5.74, 6) is 0.149. The smallest absolute Gasteiger partial charge is 0.147 e. The summed E-state index contributed by atoms with van der Waals surface area (Å²) in [5, 5.41) is 10.5. The second kappa shape index (κ2) is 4.56. The van der Waals surface area contributed by atoms with Gasteiger partial charge in [-0.2, -0.15) is 0 Å². The summed E-state index contributed by atoms with van der Waals surface area (Å²) in [6, 6.07) is 7.09. The molecule has 0 aliphatic carbocycles. The number of pyridine rings is 1. The number of aliphatic hydroxyl groups is 1. The average molecular weight is 273 g/mol. The van der Waals surface area contributed by atoms with Crippen LogP contribution in [0.2, 0.25) is 0 Å². The molecule has 0 saturated carbocycles. The van der Waals surface area contributed by atoms with Crippen molar-refractivity contribution in [2.24, 2.45) is 0 Å². The van der Waals surface area contributed by atoms with Gasteiger partial charge in [0.2, 0.25) is 0 Å². The van der Waals surface area contributed by atoms with Gasteiger partial charge in [-0.05, 0) is 25.5 Å². The van der Waals surface area contributed by atoms with Crippen molar-refractivity contribution < 1.29 is 14.2 Å². The Kier molecular flexibility index (Phi) is 2.98. The van der Waals surface area contributed by atoms with E-state index < -0.39 is 11.9 Å². The van der Waals surface area contributed by atoms with Gasteiger partial charge in [-0.1, -0.05) is 18.2 Å². The molecule has 0 spiro atoms. The number of aromatic nitrogens is 1. The number of aliphatic hydroxyl groups excluding tert-OH is 1. The zero-order valence-corrected chi connectivity index (χ0v) is 11.4. The van der Waals surface area contributed by atoms with Gasteiger partial charge in [0.1, 0.15) is 23.3 Å². The number of rotatable bonds is 2. The lowest BCUT2D eigenvalue weighted by molar-refractivity contribution is 0.131. The van der Waals surface area contributed by atoms with E-state index in [1.165, 1.54) is 12.3 Å². The van der Waals surface area contributed by atoms with Crippen molar-refractivity contribution in [2.45, 2.75) is 32.0 Å². The Morgan fingerprint density at radius 1 is 1.30 bits per heavy atom. The largest absolute Gasteiger partial charge is 0.487 e. The van der Waals surface area contributed by atoms with Crippen molar-refractivity contribution in [2.75, 3.05) is 0 Å². The topological polar surface area (TPSA) is 42.4 Å². The van der Waals surface area contributed by atoms with Gasteiger partial charge >= 0.3 is 0 Å². The average Bonchev–Trinajstić information content (AvgIpc) is 2.72. The highest BCUT2D eigenvalue weighted by atomic mass is 19.1. The normalized spacial score (nSPS) is 17.4. The fourth-order valence-corrected chi connectivity index (χ4v) is 2.63. The molecule has 0 radical (unpaired) electrons. The highest BCUT2D eigenvalue weighted by Crippen LogP contribution is 2.41. The van der Waals surface area contributed by atoms with Gasteiger partial charge in [0, 0.05) is 23.7 Å². The molecule has 1 N–H and O–H groups in total. The Balaban J connectivity index is 2.05. The van der Waals surface area contributed by atoms with E-state index in [0.717, 1.165) is 18.2 Å². The molecule has 1 aliphatic rings. The van der Waals surface area contributed by atoms with E-state index in [-0.39, 0.29) is 11.2 Å². The maximum absolute atomic E-state index is 13.8. The molecule has 1 aliphatic heterocycles. The predicted molar refractivity (Wildman–Crippen MR) is 73.1 cm³/mol. The van der Waals surface area contributed by atoms with Crippen LogP contribution in [0.5, 0.6) is 5.75 Å². The molecular formula is C16H16FNO2. The maximum Gasteiger partial charge on any atom is 0.147 e. The van der Waals surface area contributed by atoms with Gasteiger partial charge in [0.15, 0.2) is 0 Å². The minimum absolute atomic E-state index is 0.210. The highest BCUT2D eigenvalue weighted by molar-refractivity contribution is 5.49. The Hall–Kier alpha value is -1.94. The molecule has 4 heteroatoms. The molecule has 0 bridgehead atoms. The summed E-state index contributed by atoms with van der Waals surface area (Å²) < 4.78 is 19.7. The molecule has 2 aromatic rings. The number of hydrogen-bond acceptors (Lipinski definition) is 3. The summed E-state index contributed by atoms with van der Waals surface area (Å²) in [7, 11) is 0. The second-order valence-corrected chi connectivity index (χ2v) is 5.67. The Morgan fingerprint density at radius 2 is 2.10 bits per heavy atom. The van der Waals surface area contributed by atoms with Gasteiger partial charge in [-0.25, -0.2) is 4.39 Å². The summed E-state index contributed by atoms with van der Waals surface area (Å²) in [6.07, 6.45) is 2.30. The van der Waals surface area contributed by atoms with Crippen LogP contribution in [0.25, 0.3) is 0 Å². The Morgan fingerprint density at radius 3 is 2.85 bits per heavy atom. The van der Waals surface area contributed by atoms with Crippen LogP contribution >= 0.6 is 0 Å². The molecule has 1 aromatic heterocycles. The first kappa shape index (κ1) is 13.1. The zero-order valence-electron chi connectivity index (χ0n) is 11.4. The molecule has 1 unspecified atom stereocenters. The number of fused-ring (bicyclic) bond motifs is 1. The van der Waals surface area contributed by atoms with Crippen molar-refractivity contribution in [3.8, 4) is 5.75 Å². The molecule has 0 saturated heterocycles. The van der Waals surface area contributed by atoms with Crippen molar-refractivity contribution in [1.82, 2.24) is 4.98 Å². The van der Waals surface area contributed by atoms with Gasteiger partial charge < -0.3 is 9.84 Å². The van der Waals surface area contributed by atoms with Crippen LogP contribution < -0.4 is 4.74 Å². The standard InChI is InChI=1S/C16H16FNO2/c1-16(2)8-10-4-3-5-12(15(10)20-16)14(19)11-6-7-18-9-13(11)17/h3-7,9,14,19H,8H2,1-2H3. The first-order chi connectivity index (χ1) is 9.48. The maximum atomic E-state index is 13.8. The van der Waals surface area contributed by atoms with E-state index >= 15 is 0 Å². The van der Waals surface area contributed by atoms with E-state index in [0.29, 0.717) is 11.3 Å². The molecule has 1 aromatic carbocycles. The number of nitrogens with zero attached hydrogens (tertiary/aromatic N) is 1. The monoisotopic (exact) mass is 273 g/mol. The molecular weight excluding hydrogens is 257 g/mol. The molecule has 1 atom stereocenters. The molecule has 3 rings (SSSR count). The third-order valence-electron chi connectivity index (χ3n) is 3.51. The number of para-hydroxylation sites is 1. The van der Waals surface area contributed by atoms with Gasteiger partial charge in [-0.15, -0.1) is 0 Å².